The maximum absolute atomic E-state index is 10.5. The predicted molar refractivity (Wildman–Crippen MR) is 143 cm³/mol. The van der Waals surface area contributed by atoms with Crippen molar-refractivity contribution in [1.82, 2.24) is 19.9 Å². The molecule has 0 aliphatic rings. The first kappa shape index (κ1) is 24.8. The number of pyridine rings is 1. The van der Waals surface area contributed by atoms with Crippen LogP contribution in [0.2, 0.25) is 0 Å². The molecule has 0 saturated carbocycles. The second-order valence-electron chi connectivity index (χ2n) is 8.06. The summed E-state index contributed by atoms with van der Waals surface area (Å²) in [6.45, 7) is 0. The molecule has 0 amide bonds. The Hall–Kier alpha value is -3.86. The van der Waals surface area contributed by atoms with E-state index in [2.05, 4.69) is 28.2 Å². The molecule has 0 fully saturated rings. The minimum absolute atomic E-state index is 0. The third kappa shape index (κ3) is 5.31. The van der Waals surface area contributed by atoms with Gasteiger partial charge in [0.2, 0.25) is 0 Å². The quantitative estimate of drug-likeness (QED) is 0.197. The number of phenols is 1. The average Bonchev–Trinajstić information content (AvgIpc) is 2.94. The number of hydrogen-bond donors (Lipinski definition) is 1. The number of para-hydroxylation sites is 1. The van der Waals surface area contributed by atoms with Crippen LogP contribution in [0.15, 0.2) is 119 Å². The minimum Gasteiger partial charge on any atom is -0.507 e. The van der Waals surface area contributed by atoms with Crippen LogP contribution in [0.5, 0.6) is 5.75 Å². The largest absolute Gasteiger partial charge is 0.507 e. The second-order valence-corrected chi connectivity index (χ2v) is 9.09. The van der Waals surface area contributed by atoms with Gasteiger partial charge in [0.05, 0.1) is 11.4 Å². The molecule has 0 bridgehead atoms. The summed E-state index contributed by atoms with van der Waals surface area (Å²) in [6, 6.07) is 36.3. The van der Waals surface area contributed by atoms with Crippen molar-refractivity contribution in [2.24, 2.45) is 0 Å². The third-order valence-electron chi connectivity index (χ3n) is 5.67. The van der Waals surface area contributed by atoms with Crippen molar-refractivity contribution in [3.8, 4) is 39.9 Å². The summed E-state index contributed by atoms with van der Waals surface area (Å²) in [5.41, 5.74) is 2.14. The molecule has 37 heavy (non-hydrogen) atoms. The number of rotatable bonds is 5. The molecule has 4 aromatic carbocycles. The molecule has 0 atom stereocenters. The van der Waals surface area contributed by atoms with Gasteiger partial charge in [-0.05, 0) is 23.6 Å². The Morgan fingerprint density at radius 2 is 1.38 bits per heavy atom. The van der Waals surface area contributed by atoms with E-state index in [0.717, 1.165) is 31.8 Å². The standard InChI is InChI=1S/C30H19N4OS.Pt/c35-26-16-7-6-15-25(26)29-33-27(21-10-2-1-3-11-21)32-28(34-29)22-12-8-13-23(19-22)36-30-24-14-5-4-9-20(24)17-18-31-30;/h1-18,35H;/q-1;. The van der Waals surface area contributed by atoms with Gasteiger partial charge in [0.25, 0.3) is 0 Å². The van der Waals surface area contributed by atoms with Gasteiger partial charge < -0.3 is 5.11 Å². The summed E-state index contributed by atoms with van der Waals surface area (Å²) in [4.78, 5) is 19.7. The zero-order valence-electron chi connectivity index (χ0n) is 19.4. The van der Waals surface area contributed by atoms with Crippen molar-refractivity contribution in [3.05, 3.63) is 115 Å². The van der Waals surface area contributed by atoms with Crippen LogP contribution in [0.1, 0.15) is 0 Å². The van der Waals surface area contributed by atoms with Crippen LogP contribution in [0.4, 0.5) is 0 Å². The fourth-order valence-electron chi connectivity index (χ4n) is 3.91. The Kier molecular flexibility index (Phi) is 7.40. The zero-order chi connectivity index (χ0) is 24.3. The number of phenolic OH excluding ortho intramolecular Hbond substituents is 1. The van der Waals surface area contributed by atoms with E-state index in [1.54, 1.807) is 30.0 Å². The molecule has 0 unspecified atom stereocenters. The van der Waals surface area contributed by atoms with Gasteiger partial charge >= 0.3 is 0 Å². The molecule has 0 aliphatic carbocycles. The van der Waals surface area contributed by atoms with Gasteiger partial charge in [-0.15, -0.1) is 29.8 Å². The molecule has 0 aliphatic heterocycles. The number of benzene rings is 4. The van der Waals surface area contributed by atoms with Crippen molar-refractivity contribution in [2.75, 3.05) is 0 Å². The maximum Gasteiger partial charge on any atom is 0.158 e. The van der Waals surface area contributed by atoms with E-state index in [9.17, 15) is 5.11 Å². The van der Waals surface area contributed by atoms with Crippen molar-refractivity contribution in [1.29, 1.82) is 0 Å². The van der Waals surface area contributed by atoms with Crippen LogP contribution in [-0.4, -0.2) is 25.0 Å². The molecule has 2 aromatic heterocycles. The van der Waals surface area contributed by atoms with E-state index in [4.69, 9.17) is 9.97 Å². The fourth-order valence-corrected chi connectivity index (χ4v) is 4.84. The average molecular weight is 679 g/mol. The maximum atomic E-state index is 10.5. The van der Waals surface area contributed by atoms with Gasteiger partial charge in [0.1, 0.15) is 10.8 Å². The second kappa shape index (κ2) is 11.0. The molecule has 0 spiro atoms. The number of aromatic hydroxyl groups is 1. The van der Waals surface area contributed by atoms with E-state index in [-0.39, 0.29) is 26.8 Å². The fraction of sp³-hybridized carbons (Fsp3) is 0. The van der Waals surface area contributed by atoms with Gasteiger partial charge in [0.15, 0.2) is 11.6 Å². The first-order valence-corrected chi connectivity index (χ1v) is 12.2. The van der Waals surface area contributed by atoms with E-state index in [0.29, 0.717) is 23.0 Å². The number of hydrogen-bond acceptors (Lipinski definition) is 6. The van der Waals surface area contributed by atoms with E-state index < -0.39 is 0 Å². The summed E-state index contributed by atoms with van der Waals surface area (Å²) in [6.07, 6.45) is 1.82. The van der Waals surface area contributed by atoms with E-state index in [1.807, 2.05) is 79.0 Å². The van der Waals surface area contributed by atoms with Gasteiger partial charge in [-0.25, -0.2) is 9.97 Å². The van der Waals surface area contributed by atoms with Crippen molar-refractivity contribution in [3.63, 3.8) is 0 Å². The summed E-state index contributed by atoms with van der Waals surface area (Å²) < 4.78 is 0. The molecule has 182 valence electrons. The van der Waals surface area contributed by atoms with Crippen LogP contribution in [0, 0.1) is 6.07 Å². The molecule has 6 rings (SSSR count). The number of nitrogens with zero attached hydrogens (tertiary/aromatic N) is 4. The van der Waals surface area contributed by atoms with Gasteiger partial charge in [0, 0.05) is 38.2 Å². The topological polar surface area (TPSA) is 71.8 Å². The molecular formula is C30H19N4OPtS-. The van der Waals surface area contributed by atoms with Crippen molar-refractivity contribution >= 4 is 22.5 Å². The van der Waals surface area contributed by atoms with Crippen LogP contribution >= 0.6 is 11.8 Å². The first-order chi connectivity index (χ1) is 17.7. The summed E-state index contributed by atoms with van der Waals surface area (Å²) in [5, 5.41) is 13.6. The predicted octanol–water partition coefficient (Wildman–Crippen LogP) is 7.08. The Labute approximate surface area is 233 Å². The summed E-state index contributed by atoms with van der Waals surface area (Å²) in [5.74, 6) is 1.53. The van der Waals surface area contributed by atoms with E-state index >= 15 is 0 Å². The van der Waals surface area contributed by atoms with E-state index in [1.165, 1.54) is 0 Å². The first-order valence-electron chi connectivity index (χ1n) is 11.4. The smallest absolute Gasteiger partial charge is 0.158 e. The molecule has 0 saturated heterocycles. The summed E-state index contributed by atoms with van der Waals surface area (Å²) >= 11 is 1.55. The van der Waals surface area contributed by atoms with Gasteiger partial charge in [-0.2, -0.15) is 0 Å². The van der Waals surface area contributed by atoms with Crippen LogP contribution in [0.3, 0.4) is 0 Å². The summed E-state index contributed by atoms with van der Waals surface area (Å²) in [7, 11) is 0. The normalized spacial score (nSPS) is 10.7. The third-order valence-corrected chi connectivity index (χ3v) is 6.64. The monoisotopic (exact) mass is 678 g/mol. The molecule has 7 heteroatoms. The number of fused-ring (bicyclic) bond motifs is 1. The van der Waals surface area contributed by atoms with Gasteiger partial charge in [-0.1, -0.05) is 83.4 Å². The SMILES string of the molecule is Oc1ccccc1-c1nc(-c2[c-]c(Sc3nccc4ccccc34)ccc2)nc(-c2ccccc2)n1.[Pt]. The van der Waals surface area contributed by atoms with Crippen LogP contribution < -0.4 is 0 Å². The molecule has 1 N–H and O–H groups in total. The molecule has 5 nitrogen and oxygen atoms in total. The number of aromatic nitrogens is 4. The van der Waals surface area contributed by atoms with Crippen LogP contribution in [0.25, 0.3) is 44.9 Å². The molecule has 2 heterocycles. The minimum atomic E-state index is 0. The molecule has 6 aromatic rings. The molecular weight excluding hydrogens is 660 g/mol. The van der Waals surface area contributed by atoms with Crippen molar-refractivity contribution < 1.29 is 26.2 Å². The van der Waals surface area contributed by atoms with Gasteiger partial charge in [-0.3, -0.25) is 9.97 Å². The Morgan fingerprint density at radius 3 is 2.24 bits per heavy atom. The molecule has 0 radical (unpaired) electrons. The van der Waals surface area contributed by atoms with Crippen LogP contribution in [-0.2, 0) is 21.1 Å². The zero-order valence-corrected chi connectivity index (χ0v) is 22.4. The Morgan fingerprint density at radius 1 is 0.649 bits per heavy atom. The Balaban J connectivity index is 0.00000280. The Bertz CT molecular complexity index is 1690. The van der Waals surface area contributed by atoms with Crippen molar-refractivity contribution in [2.45, 2.75) is 9.92 Å².